The molecule has 0 aliphatic rings. The van der Waals surface area contributed by atoms with Gasteiger partial charge in [0.15, 0.2) is 5.82 Å². The SMILES string of the molecule is CCCCc1ccc(-c2cnc(N=C=S)cc2F)cc1. The van der Waals surface area contributed by atoms with Crippen LogP contribution in [0.3, 0.4) is 0 Å². The van der Waals surface area contributed by atoms with Gasteiger partial charge >= 0.3 is 0 Å². The number of aromatic nitrogens is 1. The average molecular weight is 286 g/mol. The molecule has 0 aliphatic carbocycles. The molecular weight excluding hydrogens is 271 g/mol. The first kappa shape index (κ1) is 14.5. The molecule has 0 aliphatic heterocycles. The van der Waals surface area contributed by atoms with Crippen LogP contribution in [0.25, 0.3) is 11.1 Å². The Kier molecular flexibility index (Phi) is 5.10. The maximum Gasteiger partial charge on any atom is 0.165 e. The van der Waals surface area contributed by atoms with Gasteiger partial charge in [0.1, 0.15) is 5.82 Å². The molecule has 2 rings (SSSR count). The number of rotatable bonds is 5. The lowest BCUT2D eigenvalue weighted by molar-refractivity contribution is 0.629. The fourth-order valence-corrected chi connectivity index (χ4v) is 2.07. The van der Waals surface area contributed by atoms with Crippen LogP contribution in [-0.2, 0) is 6.42 Å². The molecule has 0 saturated heterocycles. The second-order valence-corrected chi connectivity index (χ2v) is 4.71. The maximum atomic E-state index is 14.0. The van der Waals surface area contributed by atoms with Crippen molar-refractivity contribution in [3.63, 3.8) is 0 Å². The van der Waals surface area contributed by atoms with Crippen LogP contribution in [0.4, 0.5) is 10.2 Å². The van der Waals surface area contributed by atoms with Crippen LogP contribution < -0.4 is 0 Å². The van der Waals surface area contributed by atoms with E-state index in [1.165, 1.54) is 30.7 Å². The first-order valence-corrected chi connectivity index (χ1v) is 6.98. The van der Waals surface area contributed by atoms with E-state index in [0.717, 1.165) is 12.0 Å². The molecule has 1 aromatic heterocycles. The van der Waals surface area contributed by atoms with Crippen LogP contribution >= 0.6 is 12.2 Å². The van der Waals surface area contributed by atoms with Crippen LogP contribution in [-0.4, -0.2) is 10.1 Å². The molecule has 0 bridgehead atoms. The molecular formula is C16H15FN2S. The summed E-state index contributed by atoms with van der Waals surface area (Å²) in [6, 6.07) is 9.18. The van der Waals surface area contributed by atoms with Crippen molar-refractivity contribution in [2.24, 2.45) is 4.99 Å². The topological polar surface area (TPSA) is 25.2 Å². The van der Waals surface area contributed by atoms with Crippen molar-refractivity contribution in [2.75, 3.05) is 0 Å². The van der Waals surface area contributed by atoms with Gasteiger partial charge in [-0.1, -0.05) is 37.6 Å². The van der Waals surface area contributed by atoms with Crippen LogP contribution in [0.1, 0.15) is 25.3 Å². The first-order valence-electron chi connectivity index (χ1n) is 6.57. The van der Waals surface area contributed by atoms with E-state index >= 15 is 0 Å². The van der Waals surface area contributed by atoms with Gasteiger partial charge in [0.05, 0.1) is 5.16 Å². The minimum Gasteiger partial charge on any atom is -0.236 e. The molecule has 0 spiro atoms. The summed E-state index contributed by atoms with van der Waals surface area (Å²) in [5, 5.41) is 2.18. The van der Waals surface area contributed by atoms with Gasteiger partial charge in [0.25, 0.3) is 0 Å². The van der Waals surface area contributed by atoms with Gasteiger partial charge in [0, 0.05) is 17.8 Å². The third-order valence-electron chi connectivity index (χ3n) is 3.08. The summed E-state index contributed by atoms with van der Waals surface area (Å²) in [6.07, 6.45) is 4.86. The predicted octanol–water partition coefficient (Wildman–Crippen LogP) is 4.96. The molecule has 0 N–H and O–H groups in total. The van der Waals surface area contributed by atoms with E-state index in [1.54, 1.807) is 0 Å². The molecule has 20 heavy (non-hydrogen) atoms. The van der Waals surface area contributed by atoms with E-state index in [2.05, 4.69) is 34.3 Å². The lowest BCUT2D eigenvalue weighted by Gasteiger charge is -2.05. The zero-order valence-electron chi connectivity index (χ0n) is 11.3. The van der Waals surface area contributed by atoms with Crippen LogP contribution in [0.5, 0.6) is 0 Å². The molecule has 102 valence electrons. The van der Waals surface area contributed by atoms with Crippen LogP contribution in [0, 0.1) is 5.82 Å². The standard InChI is InChI=1S/C16H15FN2S/c1-2-3-4-12-5-7-13(8-6-12)14-10-18-16(19-11-20)9-15(14)17/h5-10H,2-4H2,1H3. The summed E-state index contributed by atoms with van der Waals surface area (Å²) in [4.78, 5) is 7.71. The third-order valence-corrected chi connectivity index (χ3v) is 3.17. The zero-order chi connectivity index (χ0) is 14.4. The predicted molar refractivity (Wildman–Crippen MR) is 82.9 cm³/mol. The number of unbranched alkanes of at least 4 members (excludes halogenated alkanes) is 1. The molecule has 0 amide bonds. The highest BCUT2D eigenvalue weighted by atomic mass is 32.1. The molecule has 0 saturated carbocycles. The van der Waals surface area contributed by atoms with Crippen molar-refractivity contribution in [3.8, 4) is 11.1 Å². The lowest BCUT2D eigenvalue weighted by Crippen LogP contribution is -1.89. The highest BCUT2D eigenvalue weighted by molar-refractivity contribution is 7.78. The van der Waals surface area contributed by atoms with Crippen LogP contribution in [0.2, 0.25) is 0 Å². The number of isothiocyanates is 1. The summed E-state index contributed by atoms with van der Waals surface area (Å²) in [5.41, 5.74) is 2.55. The number of thiocarbonyl (C=S) groups is 1. The number of halogens is 1. The lowest BCUT2D eigenvalue weighted by atomic mass is 10.0. The molecule has 1 aromatic carbocycles. The van der Waals surface area contributed by atoms with Crippen molar-refractivity contribution in [3.05, 3.63) is 47.9 Å². The Morgan fingerprint density at radius 1 is 1.30 bits per heavy atom. The zero-order valence-corrected chi connectivity index (χ0v) is 12.1. The second-order valence-electron chi connectivity index (χ2n) is 4.53. The Balaban J connectivity index is 2.25. The number of nitrogens with zero attached hydrogens (tertiary/aromatic N) is 2. The highest BCUT2D eigenvalue weighted by Crippen LogP contribution is 2.25. The summed E-state index contributed by atoms with van der Waals surface area (Å²) >= 11 is 4.47. The van der Waals surface area contributed by atoms with Gasteiger partial charge in [-0.2, -0.15) is 4.99 Å². The number of aliphatic imine (C=N–C) groups is 1. The number of aryl methyl sites for hydroxylation is 1. The van der Waals surface area contributed by atoms with Crippen molar-refractivity contribution in [2.45, 2.75) is 26.2 Å². The van der Waals surface area contributed by atoms with E-state index in [9.17, 15) is 4.39 Å². The summed E-state index contributed by atoms with van der Waals surface area (Å²) < 4.78 is 14.0. The molecule has 0 unspecified atom stereocenters. The molecule has 0 radical (unpaired) electrons. The number of pyridine rings is 1. The van der Waals surface area contributed by atoms with Crippen LogP contribution in [0.15, 0.2) is 41.5 Å². The van der Waals surface area contributed by atoms with Crippen molar-refractivity contribution < 1.29 is 4.39 Å². The summed E-state index contributed by atoms with van der Waals surface area (Å²) in [6.45, 7) is 2.17. The molecule has 0 fully saturated rings. The average Bonchev–Trinajstić information content (AvgIpc) is 2.46. The van der Waals surface area contributed by atoms with E-state index in [1.807, 2.05) is 24.3 Å². The summed E-state index contributed by atoms with van der Waals surface area (Å²) in [7, 11) is 0. The Bertz CT molecular complexity index is 631. The number of benzene rings is 1. The minimum atomic E-state index is -0.356. The van der Waals surface area contributed by atoms with Gasteiger partial charge in [-0.3, -0.25) is 0 Å². The third kappa shape index (κ3) is 3.56. The monoisotopic (exact) mass is 286 g/mol. The molecule has 2 nitrogen and oxygen atoms in total. The number of hydrogen-bond acceptors (Lipinski definition) is 3. The molecule has 1 heterocycles. The van der Waals surface area contributed by atoms with E-state index in [4.69, 9.17) is 0 Å². The molecule has 0 atom stereocenters. The highest BCUT2D eigenvalue weighted by Gasteiger charge is 2.07. The number of hydrogen-bond donors (Lipinski definition) is 0. The van der Waals surface area contributed by atoms with Gasteiger partial charge in [-0.25, -0.2) is 9.37 Å². The Hall–Kier alpha value is -1.90. The normalized spacial score (nSPS) is 10.1. The smallest absolute Gasteiger partial charge is 0.165 e. The molecule has 2 aromatic rings. The van der Waals surface area contributed by atoms with Crippen molar-refractivity contribution in [1.82, 2.24) is 4.98 Å². The molecule has 4 heteroatoms. The maximum absolute atomic E-state index is 14.0. The van der Waals surface area contributed by atoms with Gasteiger partial charge in [0.2, 0.25) is 0 Å². The van der Waals surface area contributed by atoms with E-state index < -0.39 is 0 Å². The fraction of sp³-hybridized carbons (Fsp3) is 0.250. The fourth-order valence-electron chi connectivity index (χ4n) is 1.97. The van der Waals surface area contributed by atoms with Crippen molar-refractivity contribution >= 4 is 23.2 Å². The Morgan fingerprint density at radius 2 is 2.05 bits per heavy atom. The van der Waals surface area contributed by atoms with E-state index in [0.29, 0.717) is 5.56 Å². The largest absolute Gasteiger partial charge is 0.236 e. The minimum absolute atomic E-state index is 0.237. The van der Waals surface area contributed by atoms with Gasteiger partial charge in [-0.05, 0) is 36.2 Å². The summed E-state index contributed by atoms with van der Waals surface area (Å²) in [5.74, 6) is -0.119. The Morgan fingerprint density at radius 3 is 2.65 bits per heavy atom. The van der Waals surface area contributed by atoms with Gasteiger partial charge in [-0.15, -0.1) is 0 Å². The van der Waals surface area contributed by atoms with Gasteiger partial charge < -0.3 is 0 Å². The van der Waals surface area contributed by atoms with E-state index in [-0.39, 0.29) is 11.6 Å². The second kappa shape index (κ2) is 7.04. The van der Waals surface area contributed by atoms with Crippen molar-refractivity contribution in [1.29, 1.82) is 0 Å². The quantitative estimate of drug-likeness (QED) is 0.573. The first-order chi connectivity index (χ1) is 9.74. The Labute approximate surface area is 123 Å².